The molecule has 1 aliphatic carbocycles. The van der Waals surface area contributed by atoms with Gasteiger partial charge in [-0.15, -0.1) is 0 Å². The van der Waals surface area contributed by atoms with Crippen LogP contribution in [0.1, 0.15) is 30.0 Å². The summed E-state index contributed by atoms with van der Waals surface area (Å²) >= 11 is 0. The molecule has 5 rings (SSSR count). The number of nitrogens with zero attached hydrogens (tertiary/aromatic N) is 2. The van der Waals surface area contributed by atoms with Crippen LogP contribution in [0, 0.1) is 0 Å². The number of rotatable bonds is 7. The van der Waals surface area contributed by atoms with Crippen molar-refractivity contribution < 1.29 is 14.3 Å². The van der Waals surface area contributed by atoms with Crippen molar-refractivity contribution >= 4 is 22.6 Å². The average Bonchev–Trinajstić information content (AvgIpc) is 3.46. The molecule has 0 saturated heterocycles. The van der Waals surface area contributed by atoms with Crippen molar-refractivity contribution in [2.24, 2.45) is 0 Å². The molecular formula is C28H29N3O3. The third-order valence-corrected chi connectivity index (χ3v) is 6.57. The van der Waals surface area contributed by atoms with Crippen molar-refractivity contribution in [3.8, 4) is 16.9 Å². The van der Waals surface area contributed by atoms with E-state index in [0.29, 0.717) is 24.3 Å². The van der Waals surface area contributed by atoms with Gasteiger partial charge in [0, 0.05) is 36.8 Å². The number of aromatic nitrogens is 2. The summed E-state index contributed by atoms with van der Waals surface area (Å²) in [6.45, 7) is 2.90. The normalized spacial score (nSPS) is 13.2. The molecular weight excluding hydrogens is 426 g/mol. The second kappa shape index (κ2) is 9.21. The summed E-state index contributed by atoms with van der Waals surface area (Å²) in [4.78, 5) is 11.7. The van der Waals surface area contributed by atoms with Gasteiger partial charge in [-0.3, -0.25) is 9.48 Å². The molecule has 6 nitrogen and oxygen atoms in total. The van der Waals surface area contributed by atoms with Crippen LogP contribution in [0.15, 0.2) is 60.8 Å². The summed E-state index contributed by atoms with van der Waals surface area (Å²) in [6.07, 6.45) is 4.50. The first-order valence-corrected chi connectivity index (χ1v) is 11.7. The molecule has 1 aromatic heterocycles. The number of methoxy groups -OCH3 is 1. The molecule has 34 heavy (non-hydrogen) atoms. The van der Waals surface area contributed by atoms with E-state index in [1.165, 1.54) is 18.2 Å². The van der Waals surface area contributed by atoms with Gasteiger partial charge in [-0.05, 0) is 59.9 Å². The van der Waals surface area contributed by atoms with Gasteiger partial charge >= 0.3 is 5.97 Å². The Labute approximate surface area is 199 Å². The van der Waals surface area contributed by atoms with Crippen LogP contribution in [0.2, 0.25) is 0 Å². The maximum atomic E-state index is 11.7. The lowest BCUT2D eigenvalue weighted by Gasteiger charge is -2.20. The van der Waals surface area contributed by atoms with Crippen molar-refractivity contribution in [2.75, 3.05) is 12.8 Å². The molecule has 0 radical (unpaired) electrons. The number of ether oxygens (including phenoxy) is 2. The molecule has 0 aliphatic heterocycles. The number of benzene rings is 3. The van der Waals surface area contributed by atoms with Crippen LogP contribution in [0.25, 0.3) is 22.0 Å². The second-order valence-corrected chi connectivity index (χ2v) is 8.79. The quantitative estimate of drug-likeness (QED) is 0.315. The molecule has 0 amide bonds. The number of hydrogen-bond donors (Lipinski definition) is 1. The zero-order chi connectivity index (χ0) is 23.7. The van der Waals surface area contributed by atoms with E-state index in [2.05, 4.69) is 60.6 Å². The van der Waals surface area contributed by atoms with Crippen molar-refractivity contribution in [1.29, 1.82) is 0 Å². The van der Waals surface area contributed by atoms with Crippen molar-refractivity contribution in [3.63, 3.8) is 0 Å². The number of nitrogens with two attached hydrogens (primary N) is 1. The van der Waals surface area contributed by atoms with Gasteiger partial charge in [-0.1, -0.05) is 30.3 Å². The van der Waals surface area contributed by atoms with Crippen molar-refractivity contribution in [2.45, 2.75) is 45.3 Å². The first-order chi connectivity index (χ1) is 16.6. The molecule has 2 N–H and O–H groups in total. The van der Waals surface area contributed by atoms with Crippen LogP contribution < -0.4 is 10.5 Å². The Hall–Kier alpha value is -3.80. The standard InChI is InChI=1S/C28H29N3O3/c1-3-31-26-10-9-21(14-22(26)17-30-31)24-12-18(8-11-27(32)33-2)13-25(29)28(24)34-23-15-19-6-4-5-7-20(19)16-23/h4-7,9-10,12-14,17,23H,3,8,11,15-16,29H2,1-2H3. The lowest BCUT2D eigenvalue weighted by atomic mass is 9.97. The van der Waals surface area contributed by atoms with Gasteiger partial charge in [0.15, 0.2) is 0 Å². The van der Waals surface area contributed by atoms with Gasteiger partial charge in [-0.2, -0.15) is 5.10 Å². The SMILES string of the molecule is CCn1ncc2cc(-c3cc(CCC(=O)OC)cc(N)c3OC3Cc4ccccc4C3)ccc21. The summed E-state index contributed by atoms with van der Waals surface area (Å²) < 4.78 is 13.4. The maximum absolute atomic E-state index is 11.7. The van der Waals surface area contributed by atoms with Gasteiger partial charge in [0.25, 0.3) is 0 Å². The third-order valence-electron chi connectivity index (χ3n) is 6.57. The van der Waals surface area contributed by atoms with E-state index < -0.39 is 0 Å². The first kappa shape index (κ1) is 22.0. The van der Waals surface area contributed by atoms with E-state index in [1.54, 1.807) is 0 Å². The summed E-state index contributed by atoms with van der Waals surface area (Å²) in [5.41, 5.74) is 13.8. The zero-order valence-corrected chi connectivity index (χ0v) is 19.6. The molecule has 0 atom stereocenters. The van der Waals surface area contributed by atoms with Crippen LogP contribution in [-0.2, 0) is 35.3 Å². The van der Waals surface area contributed by atoms with Crippen molar-refractivity contribution in [3.05, 3.63) is 77.5 Å². The third kappa shape index (κ3) is 4.23. The number of fused-ring (bicyclic) bond motifs is 2. The predicted molar refractivity (Wildman–Crippen MR) is 134 cm³/mol. The molecule has 0 unspecified atom stereocenters. The molecule has 1 heterocycles. The van der Waals surface area contributed by atoms with E-state index in [9.17, 15) is 4.79 Å². The van der Waals surface area contributed by atoms with E-state index in [-0.39, 0.29) is 12.1 Å². The van der Waals surface area contributed by atoms with Crippen LogP contribution in [0.5, 0.6) is 5.75 Å². The Bertz CT molecular complexity index is 1330. The van der Waals surface area contributed by atoms with Gasteiger partial charge in [0.05, 0.1) is 24.5 Å². The lowest BCUT2D eigenvalue weighted by Crippen LogP contribution is -2.18. The van der Waals surface area contributed by atoms with Crippen LogP contribution >= 0.6 is 0 Å². The fourth-order valence-electron chi connectivity index (χ4n) is 4.83. The number of esters is 1. The fraction of sp³-hybridized carbons (Fsp3) is 0.286. The minimum Gasteiger partial charge on any atom is -0.487 e. The Balaban J connectivity index is 1.53. The summed E-state index contributed by atoms with van der Waals surface area (Å²) in [5.74, 6) is 0.458. The molecule has 0 spiro atoms. The highest BCUT2D eigenvalue weighted by molar-refractivity contribution is 5.88. The Morgan fingerprint density at radius 1 is 1.12 bits per heavy atom. The Morgan fingerprint density at radius 2 is 1.88 bits per heavy atom. The number of nitrogen functional groups attached to an aromatic ring is 1. The highest BCUT2D eigenvalue weighted by Gasteiger charge is 2.25. The molecule has 6 heteroatoms. The smallest absolute Gasteiger partial charge is 0.305 e. The van der Waals surface area contributed by atoms with Gasteiger partial charge in [-0.25, -0.2) is 0 Å². The molecule has 3 aromatic carbocycles. The van der Waals surface area contributed by atoms with Crippen LogP contribution in [0.3, 0.4) is 0 Å². The molecule has 0 fully saturated rings. The summed E-state index contributed by atoms with van der Waals surface area (Å²) in [7, 11) is 1.41. The van der Waals surface area contributed by atoms with E-state index in [4.69, 9.17) is 15.2 Å². The minimum atomic E-state index is -0.238. The number of hydrogen-bond acceptors (Lipinski definition) is 5. The van der Waals surface area contributed by atoms with Crippen molar-refractivity contribution in [1.82, 2.24) is 9.78 Å². The summed E-state index contributed by atoms with van der Waals surface area (Å²) in [5, 5.41) is 5.55. The van der Waals surface area contributed by atoms with E-state index >= 15 is 0 Å². The topological polar surface area (TPSA) is 79.4 Å². The van der Waals surface area contributed by atoms with Gasteiger partial charge in [0.1, 0.15) is 11.9 Å². The molecule has 1 aliphatic rings. The lowest BCUT2D eigenvalue weighted by molar-refractivity contribution is -0.140. The predicted octanol–water partition coefficient (Wildman–Crippen LogP) is 4.96. The Kier molecular flexibility index (Phi) is 5.97. The van der Waals surface area contributed by atoms with E-state index in [0.717, 1.165) is 47.0 Å². The van der Waals surface area contributed by atoms with E-state index in [1.807, 2.05) is 16.9 Å². The Morgan fingerprint density at radius 3 is 2.59 bits per heavy atom. The largest absolute Gasteiger partial charge is 0.487 e. The zero-order valence-electron chi connectivity index (χ0n) is 19.6. The number of anilines is 1. The molecule has 4 aromatic rings. The fourth-order valence-corrected chi connectivity index (χ4v) is 4.83. The summed E-state index contributed by atoms with van der Waals surface area (Å²) in [6, 6.07) is 18.8. The maximum Gasteiger partial charge on any atom is 0.305 e. The second-order valence-electron chi connectivity index (χ2n) is 8.79. The molecule has 0 saturated carbocycles. The molecule has 174 valence electrons. The highest BCUT2D eigenvalue weighted by Crippen LogP contribution is 2.40. The monoisotopic (exact) mass is 455 g/mol. The van der Waals surface area contributed by atoms with Gasteiger partial charge in [0.2, 0.25) is 0 Å². The molecule has 0 bridgehead atoms. The minimum absolute atomic E-state index is 0.0333. The highest BCUT2D eigenvalue weighted by atomic mass is 16.5. The first-order valence-electron chi connectivity index (χ1n) is 11.7. The average molecular weight is 456 g/mol. The van der Waals surface area contributed by atoms with Crippen LogP contribution in [0.4, 0.5) is 5.69 Å². The number of carbonyl (C=O) groups is 1. The van der Waals surface area contributed by atoms with Crippen LogP contribution in [-0.4, -0.2) is 29.0 Å². The van der Waals surface area contributed by atoms with Gasteiger partial charge < -0.3 is 15.2 Å². The number of carbonyl (C=O) groups excluding carboxylic acids is 1. The number of aryl methyl sites for hydroxylation is 2.